The fraction of sp³-hybridized carbons (Fsp3) is 0.100. The lowest BCUT2D eigenvalue weighted by atomic mass is 10.2. The van der Waals surface area contributed by atoms with Crippen molar-refractivity contribution in [2.45, 2.75) is 16.6 Å². The maximum atomic E-state index is 12.6. The van der Waals surface area contributed by atoms with E-state index in [1.54, 1.807) is 29.2 Å². The summed E-state index contributed by atoms with van der Waals surface area (Å²) >= 11 is 10.8. The topological polar surface area (TPSA) is 76.9 Å². The first-order chi connectivity index (χ1) is 14.6. The molecule has 0 bridgehead atoms. The van der Waals surface area contributed by atoms with Crippen molar-refractivity contribution >= 4 is 57.1 Å². The Morgan fingerprint density at radius 1 is 1.13 bits per heavy atom. The second-order valence-corrected chi connectivity index (χ2v) is 9.81. The SMILES string of the molecule is O=C(Nc1nnc(SCc2cccs2)s1)c1ccc(=O)n(Cc2ccccc2Cl)c1. The molecule has 10 heteroatoms. The van der Waals surface area contributed by atoms with Crippen LogP contribution in [0.25, 0.3) is 0 Å². The minimum Gasteiger partial charge on any atom is -0.310 e. The van der Waals surface area contributed by atoms with Gasteiger partial charge in [-0.1, -0.05) is 59.0 Å². The van der Waals surface area contributed by atoms with Gasteiger partial charge in [-0.15, -0.1) is 21.5 Å². The predicted octanol–water partition coefficient (Wildman–Crippen LogP) is 5.01. The first-order valence-corrected chi connectivity index (χ1v) is 11.9. The van der Waals surface area contributed by atoms with Crippen molar-refractivity contribution in [3.05, 3.63) is 91.5 Å². The number of hydrogen-bond acceptors (Lipinski definition) is 7. The lowest BCUT2D eigenvalue weighted by Gasteiger charge is -2.09. The van der Waals surface area contributed by atoms with Crippen molar-refractivity contribution in [2.75, 3.05) is 5.32 Å². The molecule has 0 aliphatic rings. The highest BCUT2D eigenvalue weighted by molar-refractivity contribution is 8.00. The van der Waals surface area contributed by atoms with E-state index in [1.807, 2.05) is 29.6 Å². The zero-order valence-electron chi connectivity index (χ0n) is 15.4. The maximum Gasteiger partial charge on any atom is 0.258 e. The third kappa shape index (κ3) is 5.17. The molecule has 1 aromatic carbocycles. The number of thioether (sulfide) groups is 1. The molecule has 6 nitrogen and oxygen atoms in total. The van der Waals surface area contributed by atoms with Gasteiger partial charge in [-0.05, 0) is 29.1 Å². The fourth-order valence-corrected chi connectivity index (χ4v) is 5.33. The molecular formula is C20H15ClN4O2S3. The van der Waals surface area contributed by atoms with Gasteiger partial charge in [0.1, 0.15) is 0 Å². The predicted molar refractivity (Wildman–Crippen MR) is 123 cm³/mol. The lowest BCUT2D eigenvalue weighted by Crippen LogP contribution is -2.22. The lowest BCUT2D eigenvalue weighted by molar-refractivity contribution is 0.102. The molecule has 3 heterocycles. The molecule has 30 heavy (non-hydrogen) atoms. The Labute approximate surface area is 189 Å². The molecule has 0 spiro atoms. The third-order valence-corrected chi connectivity index (χ3v) is 7.54. The summed E-state index contributed by atoms with van der Waals surface area (Å²) < 4.78 is 2.24. The van der Waals surface area contributed by atoms with Crippen LogP contribution in [0, 0.1) is 0 Å². The summed E-state index contributed by atoms with van der Waals surface area (Å²) in [4.78, 5) is 26.1. The van der Waals surface area contributed by atoms with E-state index in [9.17, 15) is 9.59 Å². The van der Waals surface area contributed by atoms with Crippen molar-refractivity contribution in [1.82, 2.24) is 14.8 Å². The van der Waals surface area contributed by atoms with Crippen LogP contribution >= 0.6 is 46.0 Å². The van der Waals surface area contributed by atoms with Crippen molar-refractivity contribution in [2.24, 2.45) is 0 Å². The number of anilines is 1. The number of thiophene rings is 1. The van der Waals surface area contributed by atoms with Crippen molar-refractivity contribution in [1.29, 1.82) is 0 Å². The number of aromatic nitrogens is 3. The molecule has 0 saturated heterocycles. The van der Waals surface area contributed by atoms with Crippen LogP contribution in [0.5, 0.6) is 0 Å². The van der Waals surface area contributed by atoms with Gasteiger partial charge in [-0.3, -0.25) is 14.9 Å². The molecule has 0 aliphatic heterocycles. The van der Waals surface area contributed by atoms with Gasteiger partial charge < -0.3 is 4.57 Å². The minimum absolute atomic E-state index is 0.213. The normalized spacial score (nSPS) is 10.8. The number of carbonyl (C=O) groups excluding carboxylic acids is 1. The fourth-order valence-electron chi connectivity index (χ4n) is 2.61. The Balaban J connectivity index is 1.43. The van der Waals surface area contributed by atoms with Gasteiger partial charge in [0.05, 0.1) is 12.1 Å². The minimum atomic E-state index is -0.353. The number of nitrogens with one attached hydrogen (secondary N) is 1. The molecular weight excluding hydrogens is 460 g/mol. The molecule has 0 radical (unpaired) electrons. The van der Waals surface area contributed by atoms with Crippen molar-refractivity contribution in [3.8, 4) is 0 Å². The molecule has 0 aliphatic carbocycles. The van der Waals surface area contributed by atoms with Gasteiger partial charge in [0.15, 0.2) is 4.34 Å². The number of benzene rings is 1. The Morgan fingerprint density at radius 3 is 2.80 bits per heavy atom. The standard InChI is InChI=1S/C20H15ClN4O2S3/c21-16-6-2-1-4-13(16)10-25-11-14(7-8-17(25)26)18(27)22-19-23-24-20(30-19)29-12-15-5-3-9-28-15/h1-9,11H,10,12H2,(H,22,23,27). The average molecular weight is 475 g/mol. The van der Waals surface area contributed by atoms with Gasteiger partial charge >= 0.3 is 0 Å². The van der Waals surface area contributed by atoms with E-state index in [0.29, 0.717) is 15.7 Å². The first kappa shape index (κ1) is 20.8. The average Bonchev–Trinajstić information content (AvgIpc) is 3.41. The molecule has 4 rings (SSSR count). The smallest absolute Gasteiger partial charge is 0.258 e. The van der Waals surface area contributed by atoms with Crippen LogP contribution in [0.3, 0.4) is 0 Å². The van der Waals surface area contributed by atoms with Crippen LogP contribution in [0.15, 0.2) is 69.2 Å². The van der Waals surface area contributed by atoms with Crippen LogP contribution in [0.2, 0.25) is 5.02 Å². The van der Waals surface area contributed by atoms with Gasteiger partial charge in [-0.25, -0.2) is 0 Å². The summed E-state index contributed by atoms with van der Waals surface area (Å²) in [5, 5.41) is 13.9. The van der Waals surface area contributed by atoms with E-state index in [-0.39, 0.29) is 18.0 Å². The summed E-state index contributed by atoms with van der Waals surface area (Å²) in [6, 6.07) is 14.2. The highest BCUT2D eigenvalue weighted by Gasteiger charge is 2.13. The Bertz CT molecular complexity index is 1220. The number of rotatable bonds is 7. The van der Waals surface area contributed by atoms with E-state index in [0.717, 1.165) is 15.7 Å². The summed E-state index contributed by atoms with van der Waals surface area (Å²) in [5.74, 6) is 0.460. The molecule has 1 amide bonds. The van der Waals surface area contributed by atoms with Crippen molar-refractivity contribution in [3.63, 3.8) is 0 Å². The molecule has 152 valence electrons. The zero-order chi connectivity index (χ0) is 20.9. The Hall–Kier alpha value is -2.46. The summed E-state index contributed by atoms with van der Waals surface area (Å²) in [5.41, 5.74) is 0.939. The van der Waals surface area contributed by atoms with Crippen molar-refractivity contribution < 1.29 is 4.79 Å². The number of amides is 1. The van der Waals surface area contributed by atoms with Crippen LogP contribution in [-0.2, 0) is 12.3 Å². The molecule has 0 saturated carbocycles. The van der Waals surface area contributed by atoms with Crippen LogP contribution in [0.4, 0.5) is 5.13 Å². The third-order valence-electron chi connectivity index (χ3n) is 4.09. The summed E-state index contributed by atoms with van der Waals surface area (Å²) in [7, 11) is 0. The van der Waals surface area contributed by atoms with E-state index < -0.39 is 0 Å². The summed E-state index contributed by atoms with van der Waals surface area (Å²) in [6.07, 6.45) is 1.52. The molecule has 0 atom stereocenters. The van der Waals surface area contributed by atoms with Crippen LogP contribution in [-0.4, -0.2) is 20.7 Å². The van der Waals surface area contributed by atoms with E-state index in [2.05, 4.69) is 21.6 Å². The Kier molecular flexibility index (Phi) is 6.63. The first-order valence-electron chi connectivity index (χ1n) is 8.82. The molecule has 3 aromatic heterocycles. The van der Waals surface area contributed by atoms with Gasteiger partial charge in [0.25, 0.3) is 11.5 Å². The summed E-state index contributed by atoms with van der Waals surface area (Å²) in [6.45, 7) is 0.280. The number of hydrogen-bond donors (Lipinski definition) is 1. The highest BCUT2D eigenvalue weighted by Crippen LogP contribution is 2.29. The maximum absolute atomic E-state index is 12.6. The molecule has 1 N–H and O–H groups in total. The Morgan fingerprint density at radius 2 is 2.00 bits per heavy atom. The molecule has 0 unspecified atom stereocenters. The van der Waals surface area contributed by atoms with E-state index >= 15 is 0 Å². The van der Waals surface area contributed by atoms with E-state index in [1.165, 1.54) is 39.1 Å². The quantitative estimate of drug-likeness (QED) is 0.301. The number of pyridine rings is 1. The number of nitrogens with zero attached hydrogens (tertiary/aromatic N) is 3. The van der Waals surface area contributed by atoms with Crippen LogP contribution in [0.1, 0.15) is 20.8 Å². The monoisotopic (exact) mass is 474 g/mol. The van der Waals surface area contributed by atoms with E-state index in [4.69, 9.17) is 11.6 Å². The molecule has 4 aromatic rings. The van der Waals surface area contributed by atoms with Gasteiger partial charge in [0, 0.05) is 27.9 Å². The second kappa shape index (κ2) is 9.57. The largest absolute Gasteiger partial charge is 0.310 e. The number of carbonyl (C=O) groups is 1. The second-order valence-electron chi connectivity index (χ2n) is 6.17. The van der Waals surface area contributed by atoms with Gasteiger partial charge in [-0.2, -0.15) is 0 Å². The van der Waals surface area contributed by atoms with Crippen LogP contribution < -0.4 is 10.9 Å². The zero-order valence-corrected chi connectivity index (χ0v) is 18.7. The molecule has 0 fully saturated rings. The highest BCUT2D eigenvalue weighted by atomic mass is 35.5. The number of halogens is 1. The van der Waals surface area contributed by atoms with Gasteiger partial charge in [0.2, 0.25) is 5.13 Å².